The van der Waals surface area contributed by atoms with Crippen molar-refractivity contribution in [2.45, 2.75) is 25.8 Å². The Bertz CT molecular complexity index is 521. The molecule has 0 spiro atoms. The summed E-state index contributed by atoms with van der Waals surface area (Å²) in [4.78, 5) is 14.4. The van der Waals surface area contributed by atoms with Gasteiger partial charge in [-0.3, -0.25) is 0 Å². The zero-order valence-electron chi connectivity index (χ0n) is 13.3. The minimum Gasteiger partial charge on any atom is -0.396 e. The van der Waals surface area contributed by atoms with Gasteiger partial charge in [0, 0.05) is 30.8 Å². The van der Waals surface area contributed by atoms with Crippen LogP contribution >= 0.6 is 11.6 Å². The Morgan fingerprint density at radius 2 is 2.17 bits per heavy atom. The van der Waals surface area contributed by atoms with Gasteiger partial charge >= 0.3 is 6.03 Å². The second-order valence-electron chi connectivity index (χ2n) is 5.48. The van der Waals surface area contributed by atoms with Crippen LogP contribution in [-0.2, 0) is 4.74 Å². The predicted octanol–water partition coefficient (Wildman–Crippen LogP) is 2.46. The minimum absolute atomic E-state index is 0.0500. The molecule has 6 nitrogen and oxygen atoms in total. The fourth-order valence-corrected chi connectivity index (χ4v) is 2.74. The molecular weight excluding hydrogens is 318 g/mol. The molecule has 1 unspecified atom stereocenters. The molecule has 1 aromatic carbocycles. The first-order valence-corrected chi connectivity index (χ1v) is 8.32. The van der Waals surface area contributed by atoms with Gasteiger partial charge in [-0.25, -0.2) is 4.79 Å². The van der Waals surface area contributed by atoms with Crippen LogP contribution in [0.2, 0.25) is 5.02 Å². The van der Waals surface area contributed by atoms with Crippen molar-refractivity contribution in [1.82, 2.24) is 5.32 Å². The number of aliphatic hydroxyl groups is 1. The van der Waals surface area contributed by atoms with E-state index in [1.807, 2.05) is 19.1 Å². The number of morpholine rings is 1. The quantitative estimate of drug-likeness (QED) is 0.743. The van der Waals surface area contributed by atoms with Crippen molar-refractivity contribution >= 4 is 29.0 Å². The number of hydrogen-bond donors (Lipinski definition) is 3. The molecular formula is C16H24ClN3O3. The summed E-state index contributed by atoms with van der Waals surface area (Å²) >= 11 is 6.07. The molecule has 2 rings (SSSR count). The van der Waals surface area contributed by atoms with E-state index in [4.69, 9.17) is 21.4 Å². The minimum atomic E-state index is -0.290. The van der Waals surface area contributed by atoms with Crippen LogP contribution in [0.4, 0.5) is 16.2 Å². The number of ether oxygens (including phenoxy) is 1. The zero-order chi connectivity index (χ0) is 16.7. The first-order valence-electron chi connectivity index (χ1n) is 7.94. The number of hydrogen-bond acceptors (Lipinski definition) is 4. The van der Waals surface area contributed by atoms with E-state index in [0.29, 0.717) is 30.3 Å². The van der Waals surface area contributed by atoms with Crippen LogP contribution in [-0.4, -0.2) is 50.1 Å². The molecule has 7 heteroatoms. The van der Waals surface area contributed by atoms with Crippen LogP contribution in [0.3, 0.4) is 0 Å². The number of urea groups is 1. The van der Waals surface area contributed by atoms with Crippen molar-refractivity contribution in [2.24, 2.45) is 0 Å². The standard InChI is InChI=1S/C16H24ClN3O3/c1-2-13(5-8-21)18-16(22)19-14-11-12(17)3-4-15(14)20-6-9-23-10-7-20/h3-4,11,13,21H,2,5-10H2,1H3,(H2,18,19,22). The van der Waals surface area contributed by atoms with Crippen LogP contribution < -0.4 is 15.5 Å². The van der Waals surface area contributed by atoms with Crippen molar-refractivity contribution in [3.63, 3.8) is 0 Å². The SMILES string of the molecule is CCC(CCO)NC(=O)Nc1cc(Cl)ccc1N1CCOCC1. The third kappa shape index (κ3) is 5.27. The van der Waals surface area contributed by atoms with Gasteiger partial charge in [0.05, 0.1) is 24.6 Å². The Morgan fingerprint density at radius 1 is 1.43 bits per heavy atom. The second kappa shape index (κ2) is 8.96. The first kappa shape index (κ1) is 17.8. The van der Waals surface area contributed by atoms with Crippen molar-refractivity contribution in [2.75, 3.05) is 43.1 Å². The highest BCUT2D eigenvalue weighted by Crippen LogP contribution is 2.29. The Balaban J connectivity index is 2.08. The van der Waals surface area contributed by atoms with Crippen molar-refractivity contribution in [1.29, 1.82) is 0 Å². The van der Waals surface area contributed by atoms with E-state index in [1.54, 1.807) is 6.07 Å². The van der Waals surface area contributed by atoms with E-state index < -0.39 is 0 Å². The largest absolute Gasteiger partial charge is 0.396 e. The highest BCUT2D eigenvalue weighted by Gasteiger charge is 2.17. The molecule has 3 N–H and O–H groups in total. The van der Waals surface area contributed by atoms with Gasteiger partial charge in [0.1, 0.15) is 0 Å². The number of rotatable bonds is 6. The summed E-state index contributed by atoms with van der Waals surface area (Å²) < 4.78 is 5.37. The van der Waals surface area contributed by atoms with E-state index in [-0.39, 0.29) is 18.7 Å². The van der Waals surface area contributed by atoms with Gasteiger partial charge in [0.2, 0.25) is 0 Å². The summed E-state index contributed by atoms with van der Waals surface area (Å²) in [6.07, 6.45) is 1.30. The monoisotopic (exact) mass is 341 g/mol. The second-order valence-corrected chi connectivity index (χ2v) is 5.91. The fraction of sp³-hybridized carbons (Fsp3) is 0.562. The summed E-state index contributed by atoms with van der Waals surface area (Å²) in [5.74, 6) is 0. The van der Waals surface area contributed by atoms with Crippen LogP contribution in [0.5, 0.6) is 0 Å². The Kier molecular flexibility index (Phi) is 6.95. The number of anilines is 2. The first-order chi connectivity index (χ1) is 11.1. The average Bonchev–Trinajstić information content (AvgIpc) is 2.55. The van der Waals surface area contributed by atoms with Crippen molar-refractivity contribution in [3.8, 4) is 0 Å². The Labute approximate surface area is 141 Å². The number of nitrogens with zero attached hydrogens (tertiary/aromatic N) is 1. The van der Waals surface area contributed by atoms with Crippen LogP contribution in [0.15, 0.2) is 18.2 Å². The lowest BCUT2D eigenvalue weighted by atomic mass is 10.1. The Morgan fingerprint density at radius 3 is 2.83 bits per heavy atom. The third-order valence-electron chi connectivity index (χ3n) is 3.86. The average molecular weight is 342 g/mol. The predicted molar refractivity (Wildman–Crippen MR) is 92.4 cm³/mol. The number of nitrogens with one attached hydrogen (secondary N) is 2. The molecule has 1 saturated heterocycles. The summed E-state index contributed by atoms with van der Waals surface area (Å²) in [6, 6.07) is 5.14. The number of aliphatic hydroxyl groups excluding tert-OH is 1. The number of amides is 2. The maximum atomic E-state index is 12.2. The van der Waals surface area contributed by atoms with E-state index in [9.17, 15) is 4.79 Å². The van der Waals surface area contributed by atoms with Gasteiger partial charge in [-0.15, -0.1) is 0 Å². The number of carbonyl (C=O) groups is 1. The Hall–Kier alpha value is -1.50. The summed E-state index contributed by atoms with van der Waals surface area (Å²) in [5.41, 5.74) is 1.61. The molecule has 23 heavy (non-hydrogen) atoms. The maximum Gasteiger partial charge on any atom is 0.319 e. The molecule has 1 aromatic rings. The molecule has 0 saturated carbocycles. The summed E-state index contributed by atoms with van der Waals surface area (Å²) in [5, 5.41) is 15.3. The topological polar surface area (TPSA) is 73.8 Å². The molecule has 1 aliphatic rings. The van der Waals surface area contributed by atoms with Crippen molar-refractivity contribution < 1.29 is 14.6 Å². The van der Waals surface area contributed by atoms with E-state index in [2.05, 4.69) is 15.5 Å². The number of carbonyl (C=O) groups excluding carboxylic acids is 1. The lowest BCUT2D eigenvalue weighted by molar-refractivity contribution is 0.123. The van der Waals surface area contributed by atoms with Crippen LogP contribution in [0, 0.1) is 0 Å². The van der Waals surface area contributed by atoms with Crippen LogP contribution in [0.25, 0.3) is 0 Å². The molecule has 1 heterocycles. The highest BCUT2D eigenvalue weighted by molar-refractivity contribution is 6.31. The molecule has 0 aliphatic carbocycles. The number of halogens is 1. The molecule has 0 bridgehead atoms. The smallest absolute Gasteiger partial charge is 0.319 e. The molecule has 1 atom stereocenters. The third-order valence-corrected chi connectivity index (χ3v) is 4.10. The van der Waals surface area contributed by atoms with Gasteiger partial charge < -0.3 is 25.4 Å². The molecule has 1 fully saturated rings. The summed E-state index contributed by atoms with van der Waals surface area (Å²) in [6.45, 7) is 4.92. The van der Waals surface area contributed by atoms with E-state index in [1.165, 1.54) is 0 Å². The molecule has 128 valence electrons. The van der Waals surface area contributed by atoms with Gasteiger partial charge in [-0.1, -0.05) is 18.5 Å². The molecule has 0 radical (unpaired) electrons. The van der Waals surface area contributed by atoms with Crippen molar-refractivity contribution in [3.05, 3.63) is 23.2 Å². The van der Waals surface area contributed by atoms with E-state index >= 15 is 0 Å². The van der Waals surface area contributed by atoms with Crippen LogP contribution in [0.1, 0.15) is 19.8 Å². The lowest BCUT2D eigenvalue weighted by Crippen LogP contribution is -2.39. The summed E-state index contributed by atoms with van der Waals surface area (Å²) in [7, 11) is 0. The molecule has 1 aliphatic heterocycles. The van der Waals surface area contributed by atoms with Gasteiger partial charge in [0.15, 0.2) is 0 Å². The molecule has 0 aromatic heterocycles. The van der Waals surface area contributed by atoms with E-state index in [0.717, 1.165) is 25.2 Å². The zero-order valence-corrected chi connectivity index (χ0v) is 14.1. The molecule has 2 amide bonds. The van der Waals surface area contributed by atoms with Gasteiger partial charge in [-0.05, 0) is 31.0 Å². The lowest BCUT2D eigenvalue weighted by Gasteiger charge is -2.30. The maximum absolute atomic E-state index is 12.2. The highest BCUT2D eigenvalue weighted by atomic mass is 35.5. The van der Waals surface area contributed by atoms with Gasteiger partial charge in [-0.2, -0.15) is 0 Å². The number of benzene rings is 1. The fourth-order valence-electron chi connectivity index (χ4n) is 2.57. The normalized spacial score (nSPS) is 16.0. The van der Waals surface area contributed by atoms with Gasteiger partial charge in [0.25, 0.3) is 0 Å².